The van der Waals surface area contributed by atoms with Gasteiger partial charge in [0, 0.05) is 6.04 Å². The van der Waals surface area contributed by atoms with E-state index in [0.29, 0.717) is 0 Å². The molecule has 18 heavy (non-hydrogen) atoms. The zero-order chi connectivity index (χ0) is 13.1. The van der Waals surface area contributed by atoms with Gasteiger partial charge in [-0.2, -0.15) is 8.78 Å². The van der Waals surface area contributed by atoms with Crippen molar-refractivity contribution in [3.63, 3.8) is 0 Å². The van der Waals surface area contributed by atoms with Gasteiger partial charge in [0.2, 0.25) is 0 Å². The zero-order valence-electron chi connectivity index (χ0n) is 9.78. The molecule has 0 radical (unpaired) electrons. The van der Waals surface area contributed by atoms with E-state index in [4.69, 9.17) is 4.74 Å². The van der Waals surface area contributed by atoms with Crippen LogP contribution in [0.4, 0.5) is 8.78 Å². The molecular weight excluding hydrogens is 244 g/mol. The van der Waals surface area contributed by atoms with Crippen LogP contribution >= 0.6 is 0 Å². The third-order valence-electron chi connectivity index (χ3n) is 2.56. The van der Waals surface area contributed by atoms with Gasteiger partial charge in [0.1, 0.15) is 17.1 Å². The number of halogens is 2. The first-order chi connectivity index (χ1) is 8.61. The van der Waals surface area contributed by atoms with Gasteiger partial charge in [-0.3, -0.25) is 4.79 Å². The number of rotatable bonds is 5. The largest absolute Gasteiger partial charge is 0.496 e. The number of carbonyl (C=O) groups is 1. The number of hydrogen-bond acceptors (Lipinski definition) is 3. The van der Waals surface area contributed by atoms with Gasteiger partial charge in [-0.1, -0.05) is 6.07 Å². The molecule has 1 aromatic carbocycles. The molecule has 0 aliphatic heterocycles. The van der Waals surface area contributed by atoms with Crippen molar-refractivity contribution in [2.24, 2.45) is 0 Å². The van der Waals surface area contributed by atoms with Crippen molar-refractivity contribution >= 4 is 5.91 Å². The Morgan fingerprint density at radius 2 is 2.06 bits per heavy atom. The smallest absolute Gasteiger partial charge is 0.387 e. The number of amides is 1. The Morgan fingerprint density at radius 1 is 1.39 bits per heavy atom. The molecular formula is C12H13F2NO3. The van der Waals surface area contributed by atoms with E-state index in [0.717, 1.165) is 12.8 Å². The predicted molar refractivity (Wildman–Crippen MR) is 60.1 cm³/mol. The molecule has 0 unspecified atom stereocenters. The second kappa shape index (κ2) is 5.20. The number of methoxy groups -OCH3 is 1. The van der Waals surface area contributed by atoms with Crippen LogP contribution in [-0.2, 0) is 0 Å². The Labute approximate surface area is 103 Å². The van der Waals surface area contributed by atoms with Crippen molar-refractivity contribution in [3.8, 4) is 11.5 Å². The molecule has 1 fully saturated rings. The van der Waals surface area contributed by atoms with Crippen LogP contribution in [-0.4, -0.2) is 25.7 Å². The normalized spacial score (nSPS) is 14.4. The van der Waals surface area contributed by atoms with Crippen LogP contribution in [0.1, 0.15) is 23.2 Å². The number of ether oxygens (including phenoxy) is 2. The molecule has 1 saturated carbocycles. The molecule has 0 heterocycles. The van der Waals surface area contributed by atoms with Gasteiger partial charge in [-0.05, 0) is 25.0 Å². The molecule has 6 heteroatoms. The van der Waals surface area contributed by atoms with E-state index < -0.39 is 12.5 Å². The average Bonchev–Trinajstić information content (AvgIpc) is 3.11. The summed E-state index contributed by atoms with van der Waals surface area (Å²) in [7, 11) is 1.37. The Balaban J connectivity index is 2.29. The molecule has 0 saturated heterocycles. The van der Waals surface area contributed by atoms with Crippen LogP contribution < -0.4 is 14.8 Å². The van der Waals surface area contributed by atoms with Crippen LogP contribution in [0.15, 0.2) is 18.2 Å². The number of carbonyl (C=O) groups excluding carboxylic acids is 1. The third kappa shape index (κ3) is 2.88. The lowest BCUT2D eigenvalue weighted by atomic mass is 10.1. The topological polar surface area (TPSA) is 47.6 Å². The van der Waals surface area contributed by atoms with Crippen molar-refractivity contribution in [1.82, 2.24) is 5.32 Å². The van der Waals surface area contributed by atoms with Crippen LogP contribution in [0.2, 0.25) is 0 Å². The van der Waals surface area contributed by atoms with Crippen molar-refractivity contribution in [3.05, 3.63) is 23.8 Å². The summed E-state index contributed by atoms with van der Waals surface area (Å²) in [5.41, 5.74) is 0.00667. The summed E-state index contributed by atoms with van der Waals surface area (Å²) in [6.07, 6.45) is 1.82. The molecule has 1 aromatic rings. The number of alkyl halides is 2. The molecule has 0 atom stereocenters. The first kappa shape index (κ1) is 12.6. The SMILES string of the molecule is COc1cccc(OC(F)F)c1C(=O)NC1CC1. The summed E-state index contributed by atoms with van der Waals surface area (Å²) in [6.45, 7) is -2.98. The van der Waals surface area contributed by atoms with E-state index in [1.165, 1.54) is 25.3 Å². The molecule has 1 amide bonds. The lowest BCUT2D eigenvalue weighted by Crippen LogP contribution is -2.26. The number of hydrogen-bond donors (Lipinski definition) is 1. The molecule has 0 bridgehead atoms. The Hall–Kier alpha value is -1.85. The van der Waals surface area contributed by atoms with Crippen LogP contribution in [0.25, 0.3) is 0 Å². The average molecular weight is 257 g/mol. The van der Waals surface area contributed by atoms with Gasteiger partial charge in [-0.25, -0.2) is 0 Å². The van der Waals surface area contributed by atoms with Gasteiger partial charge in [0.25, 0.3) is 5.91 Å². The molecule has 1 N–H and O–H groups in total. The van der Waals surface area contributed by atoms with Gasteiger partial charge in [0.15, 0.2) is 0 Å². The van der Waals surface area contributed by atoms with Crippen molar-refractivity contribution in [1.29, 1.82) is 0 Å². The molecule has 1 aliphatic carbocycles. The van der Waals surface area contributed by atoms with Crippen LogP contribution in [0.5, 0.6) is 11.5 Å². The van der Waals surface area contributed by atoms with Crippen molar-refractivity contribution in [2.75, 3.05) is 7.11 Å². The molecule has 0 spiro atoms. The minimum Gasteiger partial charge on any atom is -0.496 e. The maximum atomic E-state index is 12.3. The second-order valence-electron chi connectivity index (χ2n) is 3.96. The Bertz CT molecular complexity index is 447. The van der Waals surface area contributed by atoms with Crippen molar-refractivity contribution < 1.29 is 23.0 Å². The molecule has 1 aliphatic rings. The van der Waals surface area contributed by atoms with Gasteiger partial charge in [0.05, 0.1) is 7.11 Å². The Kier molecular flexibility index (Phi) is 3.64. The maximum absolute atomic E-state index is 12.3. The summed E-state index contributed by atoms with van der Waals surface area (Å²) in [5.74, 6) is -0.417. The van der Waals surface area contributed by atoms with Gasteiger partial charge >= 0.3 is 6.61 Å². The maximum Gasteiger partial charge on any atom is 0.387 e. The first-order valence-corrected chi connectivity index (χ1v) is 5.54. The van der Waals surface area contributed by atoms with Crippen molar-refractivity contribution in [2.45, 2.75) is 25.5 Å². The molecule has 0 aromatic heterocycles. The van der Waals surface area contributed by atoms with E-state index in [2.05, 4.69) is 10.1 Å². The number of benzene rings is 1. The monoisotopic (exact) mass is 257 g/mol. The van der Waals surface area contributed by atoms with E-state index in [1.807, 2.05) is 0 Å². The highest BCUT2D eigenvalue weighted by Crippen LogP contribution is 2.30. The second-order valence-corrected chi connectivity index (χ2v) is 3.96. The summed E-state index contributed by atoms with van der Waals surface area (Å²) < 4.78 is 33.9. The van der Waals surface area contributed by atoms with Gasteiger partial charge < -0.3 is 14.8 Å². The van der Waals surface area contributed by atoms with Crippen LogP contribution in [0, 0.1) is 0 Å². The highest BCUT2D eigenvalue weighted by molar-refractivity contribution is 6.00. The van der Waals surface area contributed by atoms with E-state index >= 15 is 0 Å². The minimum atomic E-state index is -2.98. The molecule has 2 rings (SSSR count). The van der Waals surface area contributed by atoms with E-state index in [1.54, 1.807) is 0 Å². The molecule has 4 nitrogen and oxygen atoms in total. The highest BCUT2D eigenvalue weighted by Gasteiger charge is 2.27. The molecule has 98 valence electrons. The predicted octanol–water partition coefficient (Wildman–Crippen LogP) is 2.19. The van der Waals surface area contributed by atoms with E-state index in [-0.39, 0.29) is 23.1 Å². The summed E-state index contributed by atoms with van der Waals surface area (Å²) in [5, 5.41) is 2.71. The summed E-state index contributed by atoms with van der Waals surface area (Å²) in [6, 6.07) is 4.46. The first-order valence-electron chi connectivity index (χ1n) is 5.54. The van der Waals surface area contributed by atoms with Crippen LogP contribution in [0.3, 0.4) is 0 Å². The quantitative estimate of drug-likeness (QED) is 0.879. The zero-order valence-corrected chi connectivity index (χ0v) is 9.78. The minimum absolute atomic E-state index is 0.00667. The summed E-state index contributed by atoms with van der Waals surface area (Å²) in [4.78, 5) is 12.0. The number of nitrogens with one attached hydrogen (secondary N) is 1. The van der Waals surface area contributed by atoms with Gasteiger partial charge in [-0.15, -0.1) is 0 Å². The highest BCUT2D eigenvalue weighted by atomic mass is 19.3. The lowest BCUT2D eigenvalue weighted by molar-refractivity contribution is -0.0502. The summed E-state index contributed by atoms with van der Waals surface area (Å²) >= 11 is 0. The fourth-order valence-corrected chi connectivity index (χ4v) is 1.58. The van der Waals surface area contributed by atoms with E-state index in [9.17, 15) is 13.6 Å². The third-order valence-corrected chi connectivity index (χ3v) is 2.56. The fourth-order valence-electron chi connectivity index (χ4n) is 1.58. The fraction of sp³-hybridized carbons (Fsp3) is 0.417. The Morgan fingerprint density at radius 3 is 2.61 bits per heavy atom. The lowest BCUT2D eigenvalue weighted by Gasteiger charge is -2.13. The standard InChI is InChI=1S/C12H13F2NO3/c1-17-8-3-2-4-9(18-12(13)14)10(8)11(16)15-7-5-6-7/h2-4,7,12H,5-6H2,1H3,(H,15,16).